The van der Waals surface area contributed by atoms with Crippen LogP contribution < -0.4 is 14.9 Å². The van der Waals surface area contributed by atoms with E-state index in [0.29, 0.717) is 39.8 Å². The first kappa shape index (κ1) is 23.7. The van der Waals surface area contributed by atoms with Crippen LogP contribution in [0.15, 0.2) is 108 Å². The van der Waals surface area contributed by atoms with Crippen LogP contribution in [0.2, 0.25) is 5.02 Å². The third-order valence-electron chi connectivity index (χ3n) is 4.94. The van der Waals surface area contributed by atoms with E-state index in [4.69, 9.17) is 21.1 Å². The second-order valence-corrected chi connectivity index (χ2v) is 7.87. The number of esters is 1. The largest absolute Gasteiger partial charge is 0.489 e. The molecule has 174 valence electrons. The molecule has 1 amide bonds. The molecular formula is C28H21ClN2O4. The van der Waals surface area contributed by atoms with E-state index in [1.807, 2.05) is 30.3 Å². The minimum atomic E-state index is -0.527. The lowest BCUT2D eigenvalue weighted by atomic mass is 10.2. The van der Waals surface area contributed by atoms with Crippen LogP contribution in [0.25, 0.3) is 0 Å². The Morgan fingerprint density at radius 3 is 2.20 bits per heavy atom. The fourth-order valence-electron chi connectivity index (χ4n) is 3.09. The van der Waals surface area contributed by atoms with Gasteiger partial charge in [-0.05, 0) is 66.2 Å². The molecule has 0 atom stereocenters. The fourth-order valence-corrected chi connectivity index (χ4v) is 3.22. The van der Waals surface area contributed by atoms with E-state index in [1.54, 1.807) is 72.8 Å². The summed E-state index contributed by atoms with van der Waals surface area (Å²) in [6.07, 6.45) is 1.42. The monoisotopic (exact) mass is 484 g/mol. The van der Waals surface area contributed by atoms with Gasteiger partial charge in [0.2, 0.25) is 0 Å². The van der Waals surface area contributed by atoms with E-state index < -0.39 is 5.97 Å². The van der Waals surface area contributed by atoms with E-state index in [1.165, 1.54) is 6.21 Å². The molecule has 7 heteroatoms. The molecule has 0 bridgehead atoms. The van der Waals surface area contributed by atoms with Crippen LogP contribution in [-0.4, -0.2) is 18.1 Å². The number of ether oxygens (including phenoxy) is 2. The van der Waals surface area contributed by atoms with Crippen LogP contribution in [0, 0.1) is 0 Å². The van der Waals surface area contributed by atoms with Crippen LogP contribution in [0.1, 0.15) is 31.8 Å². The van der Waals surface area contributed by atoms with Gasteiger partial charge in [0, 0.05) is 16.1 Å². The molecular weight excluding hydrogens is 464 g/mol. The Hall–Kier alpha value is -4.42. The summed E-state index contributed by atoms with van der Waals surface area (Å²) >= 11 is 5.86. The van der Waals surface area contributed by atoms with Gasteiger partial charge in [0.05, 0.1) is 11.8 Å². The first-order valence-electron chi connectivity index (χ1n) is 10.8. The van der Waals surface area contributed by atoms with E-state index in [2.05, 4.69) is 10.5 Å². The highest BCUT2D eigenvalue weighted by Gasteiger charge is 2.11. The van der Waals surface area contributed by atoms with Crippen LogP contribution in [0.3, 0.4) is 0 Å². The molecule has 0 aromatic heterocycles. The SMILES string of the molecule is O=C(N/N=C\c1ccccc1OC(=O)c1ccc(Cl)cc1)c1ccc(OCc2ccccc2)cc1. The van der Waals surface area contributed by atoms with E-state index in [-0.39, 0.29) is 5.91 Å². The van der Waals surface area contributed by atoms with Gasteiger partial charge in [-0.3, -0.25) is 4.79 Å². The Bertz CT molecular complexity index is 1320. The lowest BCUT2D eigenvalue weighted by molar-refractivity contribution is 0.0734. The number of hydrogen-bond donors (Lipinski definition) is 1. The standard InChI is InChI=1S/C28H21ClN2O4/c29-24-14-10-22(11-15-24)28(33)35-26-9-5-4-8-23(26)18-30-31-27(32)21-12-16-25(17-13-21)34-19-20-6-2-1-3-7-20/h1-18H,19H2,(H,31,32)/b30-18-. The topological polar surface area (TPSA) is 77.0 Å². The number of benzene rings is 4. The number of carbonyl (C=O) groups excluding carboxylic acids is 2. The van der Waals surface area contributed by atoms with E-state index >= 15 is 0 Å². The van der Waals surface area contributed by atoms with Gasteiger partial charge in [0.25, 0.3) is 5.91 Å². The van der Waals surface area contributed by atoms with Gasteiger partial charge in [0.1, 0.15) is 18.1 Å². The molecule has 0 aliphatic heterocycles. The normalized spacial score (nSPS) is 10.7. The minimum absolute atomic E-state index is 0.311. The molecule has 0 aliphatic carbocycles. The highest BCUT2D eigenvalue weighted by molar-refractivity contribution is 6.30. The third kappa shape index (κ3) is 6.79. The zero-order valence-electron chi connectivity index (χ0n) is 18.6. The second-order valence-electron chi connectivity index (χ2n) is 7.43. The average molecular weight is 485 g/mol. The molecule has 4 aromatic rings. The van der Waals surface area contributed by atoms with Gasteiger partial charge < -0.3 is 9.47 Å². The molecule has 0 saturated heterocycles. The molecule has 4 rings (SSSR count). The number of halogens is 1. The molecule has 0 aliphatic rings. The molecule has 0 heterocycles. The summed E-state index contributed by atoms with van der Waals surface area (Å²) in [5, 5.41) is 4.53. The number of hydrogen-bond acceptors (Lipinski definition) is 5. The molecule has 0 spiro atoms. The Labute approximate surface area is 207 Å². The zero-order chi connectivity index (χ0) is 24.5. The summed E-state index contributed by atoms with van der Waals surface area (Å²) in [6.45, 7) is 0.443. The van der Waals surface area contributed by atoms with Gasteiger partial charge in [0.15, 0.2) is 0 Å². The molecule has 35 heavy (non-hydrogen) atoms. The van der Waals surface area contributed by atoms with Gasteiger partial charge in [-0.15, -0.1) is 0 Å². The fraction of sp³-hybridized carbons (Fsp3) is 0.0357. The van der Waals surface area contributed by atoms with Crippen LogP contribution in [-0.2, 0) is 6.61 Å². The highest BCUT2D eigenvalue weighted by atomic mass is 35.5. The molecule has 0 unspecified atom stereocenters. The quantitative estimate of drug-likeness (QED) is 0.146. The Balaban J connectivity index is 1.34. The summed E-state index contributed by atoms with van der Waals surface area (Å²) in [4.78, 5) is 24.8. The van der Waals surface area contributed by atoms with Crippen molar-refractivity contribution in [3.63, 3.8) is 0 Å². The number of rotatable bonds is 8. The van der Waals surface area contributed by atoms with Crippen molar-refractivity contribution in [3.8, 4) is 11.5 Å². The number of nitrogens with zero attached hydrogens (tertiary/aromatic N) is 1. The maximum absolute atomic E-state index is 12.4. The van der Waals surface area contributed by atoms with Gasteiger partial charge in [-0.2, -0.15) is 5.10 Å². The lowest BCUT2D eigenvalue weighted by Gasteiger charge is -2.08. The number of amides is 1. The first-order valence-corrected chi connectivity index (χ1v) is 11.1. The average Bonchev–Trinajstić information content (AvgIpc) is 2.89. The Morgan fingerprint density at radius 2 is 1.46 bits per heavy atom. The molecule has 0 saturated carbocycles. The van der Waals surface area contributed by atoms with Crippen molar-refractivity contribution in [3.05, 3.63) is 130 Å². The number of hydrazone groups is 1. The Kier molecular flexibility index (Phi) is 7.88. The van der Waals surface area contributed by atoms with Crippen LogP contribution in [0.4, 0.5) is 0 Å². The zero-order valence-corrected chi connectivity index (χ0v) is 19.3. The molecule has 0 fully saturated rings. The predicted octanol–water partition coefficient (Wildman–Crippen LogP) is 5.90. The summed E-state index contributed by atoms with van der Waals surface area (Å²) in [7, 11) is 0. The van der Waals surface area contributed by atoms with Crippen molar-refractivity contribution >= 4 is 29.7 Å². The number of nitrogens with one attached hydrogen (secondary N) is 1. The van der Waals surface area contributed by atoms with Crippen molar-refractivity contribution in [1.29, 1.82) is 0 Å². The summed E-state index contributed by atoms with van der Waals surface area (Å²) in [5.74, 6) is 0.0586. The van der Waals surface area contributed by atoms with Crippen LogP contribution >= 0.6 is 11.6 Å². The molecule has 4 aromatic carbocycles. The number of para-hydroxylation sites is 1. The van der Waals surface area contributed by atoms with Gasteiger partial charge in [-0.25, -0.2) is 10.2 Å². The Morgan fingerprint density at radius 1 is 0.800 bits per heavy atom. The van der Waals surface area contributed by atoms with Crippen molar-refractivity contribution in [2.45, 2.75) is 6.61 Å². The van der Waals surface area contributed by atoms with E-state index in [9.17, 15) is 9.59 Å². The first-order chi connectivity index (χ1) is 17.1. The molecule has 6 nitrogen and oxygen atoms in total. The van der Waals surface area contributed by atoms with Crippen molar-refractivity contribution in [1.82, 2.24) is 5.43 Å². The molecule has 1 N–H and O–H groups in total. The van der Waals surface area contributed by atoms with Crippen molar-refractivity contribution < 1.29 is 19.1 Å². The summed E-state index contributed by atoms with van der Waals surface area (Å²) in [6, 6.07) is 29.9. The maximum atomic E-state index is 12.4. The maximum Gasteiger partial charge on any atom is 0.343 e. The summed E-state index contributed by atoms with van der Waals surface area (Å²) in [5.41, 5.74) is 4.86. The minimum Gasteiger partial charge on any atom is -0.489 e. The van der Waals surface area contributed by atoms with Gasteiger partial charge >= 0.3 is 5.97 Å². The van der Waals surface area contributed by atoms with Gasteiger partial charge in [-0.1, -0.05) is 54.1 Å². The smallest absolute Gasteiger partial charge is 0.343 e. The number of carbonyl (C=O) groups is 2. The van der Waals surface area contributed by atoms with Crippen LogP contribution in [0.5, 0.6) is 11.5 Å². The van der Waals surface area contributed by atoms with E-state index in [0.717, 1.165) is 5.56 Å². The predicted molar refractivity (Wildman–Crippen MR) is 135 cm³/mol. The highest BCUT2D eigenvalue weighted by Crippen LogP contribution is 2.19. The third-order valence-corrected chi connectivity index (χ3v) is 5.19. The van der Waals surface area contributed by atoms with Crippen molar-refractivity contribution in [2.75, 3.05) is 0 Å². The van der Waals surface area contributed by atoms with Crippen molar-refractivity contribution in [2.24, 2.45) is 5.10 Å². The lowest BCUT2D eigenvalue weighted by Crippen LogP contribution is -2.17. The second kappa shape index (κ2) is 11.6. The summed E-state index contributed by atoms with van der Waals surface area (Å²) < 4.78 is 11.2. The molecule has 0 radical (unpaired) electrons.